The maximum Gasteiger partial charge on any atom is 0.411 e. The SMILES string of the molecule is Cc1c(NC(=O)c2ccc(C(C)(C)C)cc2)cccc1-c1cn(C)c(=O)c(Nc2cccc(NC(=O)OC3CCOC3)c2)n1. The number of anilines is 4. The van der Waals surface area contributed by atoms with Crippen LogP contribution in [0.3, 0.4) is 0 Å². The van der Waals surface area contributed by atoms with Crippen molar-refractivity contribution in [2.75, 3.05) is 29.2 Å². The lowest BCUT2D eigenvalue weighted by Crippen LogP contribution is -2.23. The van der Waals surface area contributed by atoms with E-state index in [0.717, 1.165) is 16.7 Å². The van der Waals surface area contributed by atoms with Gasteiger partial charge in [-0.05, 0) is 59.9 Å². The molecule has 1 aliphatic heterocycles. The number of hydrogen-bond donors (Lipinski definition) is 3. The summed E-state index contributed by atoms with van der Waals surface area (Å²) < 4.78 is 12.1. The number of nitrogens with zero attached hydrogens (tertiary/aromatic N) is 2. The van der Waals surface area contributed by atoms with E-state index in [9.17, 15) is 14.4 Å². The van der Waals surface area contributed by atoms with Gasteiger partial charge >= 0.3 is 6.09 Å². The summed E-state index contributed by atoms with van der Waals surface area (Å²) in [5.41, 5.74) is 5.21. The average molecular weight is 596 g/mol. The van der Waals surface area contributed by atoms with E-state index in [1.165, 1.54) is 4.57 Å². The molecule has 1 aromatic heterocycles. The third kappa shape index (κ3) is 7.15. The van der Waals surface area contributed by atoms with Crippen molar-refractivity contribution in [3.63, 3.8) is 0 Å². The van der Waals surface area contributed by atoms with Gasteiger partial charge in [-0.2, -0.15) is 0 Å². The molecule has 2 amide bonds. The van der Waals surface area contributed by atoms with Gasteiger partial charge < -0.3 is 24.7 Å². The van der Waals surface area contributed by atoms with E-state index < -0.39 is 6.09 Å². The normalized spacial score (nSPS) is 14.6. The van der Waals surface area contributed by atoms with Gasteiger partial charge in [0.25, 0.3) is 11.5 Å². The Bertz CT molecular complexity index is 1730. The smallest absolute Gasteiger partial charge is 0.411 e. The molecule has 0 aliphatic carbocycles. The van der Waals surface area contributed by atoms with Crippen LogP contribution in [-0.2, 0) is 21.9 Å². The van der Waals surface area contributed by atoms with E-state index >= 15 is 0 Å². The minimum atomic E-state index is -0.571. The van der Waals surface area contributed by atoms with Crippen molar-refractivity contribution in [1.29, 1.82) is 0 Å². The fourth-order valence-corrected chi connectivity index (χ4v) is 4.90. The minimum Gasteiger partial charge on any atom is -0.443 e. The molecule has 3 N–H and O–H groups in total. The number of amides is 2. The van der Waals surface area contributed by atoms with E-state index in [1.54, 1.807) is 37.5 Å². The number of aryl methyl sites for hydroxylation is 1. The summed E-state index contributed by atoms with van der Waals surface area (Å²) in [5, 5.41) is 8.82. The number of hydrogen-bond acceptors (Lipinski definition) is 7. The van der Waals surface area contributed by atoms with Crippen molar-refractivity contribution >= 4 is 34.9 Å². The molecule has 0 bridgehead atoms. The molecule has 0 saturated carbocycles. The topological polar surface area (TPSA) is 124 Å². The molecule has 1 aliphatic rings. The van der Waals surface area contributed by atoms with Crippen LogP contribution in [0.1, 0.15) is 48.7 Å². The van der Waals surface area contributed by atoms with Crippen LogP contribution in [0.2, 0.25) is 0 Å². The summed E-state index contributed by atoms with van der Waals surface area (Å²) >= 11 is 0. The number of ether oxygens (including phenoxy) is 2. The number of carbonyl (C=O) groups excluding carboxylic acids is 2. The molecule has 228 valence electrons. The van der Waals surface area contributed by atoms with Crippen LogP contribution in [0.5, 0.6) is 0 Å². The van der Waals surface area contributed by atoms with Crippen LogP contribution in [0.15, 0.2) is 77.7 Å². The predicted octanol–water partition coefficient (Wildman–Crippen LogP) is 6.39. The number of benzene rings is 3. The van der Waals surface area contributed by atoms with E-state index in [4.69, 9.17) is 9.47 Å². The minimum absolute atomic E-state index is 0.00508. The fraction of sp³-hybridized carbons (Fsp3) is 0.294. The molecule has 3 aromatic carbocycles. The Balaban J connectivity index is 1.34. The van der Waals surface area contributed by atoms with Crippen LogP contribution < -0.4 is 21.5 Å². The average Bonchev–Trinajstić information content (AvgIpc) is 3.49. The lowest BCUT2D eigenvalue weighted by molar-refractivity contribution is 0.0931. The van der Waals surface area contributed by atoms with E-state index in [1.807, 2.05) is 49.4 Å². The number of rotatable bonds is 7. The summed E-state index contributed by atoms with van der Waals surface area (Å²) in [7, 11) is 1.65. The van der Waals surface area contributed by atoms with Crippen LogP contribution in [0.4, 0.5) is 27.7 Å². The second-order valence-corrected chi connectivity index (χ2v) is 11.9. The molecule has 1 saturated heterocycles. The maximum absolute atomic E-state index is 13.1. The molecule has 4 aromatic rings. The molecule has 10 nitrogen and oxygen atoms in total. The Morgan fingerprint density at radius 2 is 1.73 bits per heavy atom. The second kappa shape index (κ2) is 12.7. The van der Waals surface area contributed by atoms with E-state index in [-0.39, 0.29) is 28.8 Å². The monoisotopic (exact) mass is 595 g/mol. The van der Waals surface area contributed by atoms with Gasteiger partial charge in [0.2, 0.25) is 0 Å². The van der Waals surface area contributed by atoms with Gasteiger partial charge in [0.15, 0.2) is 5.82 Å². The molecule has 1 unspecified atom stereocenters. The summed E-state index contributed by atoms with van der Waals surface area (Å²) in [4.78, 5) is 43.1. The molecular formula is C34H37N5O5. The highest BCUT2D eigenvalue weighted by Gasteiger charge is 2.20. The second-order valence-electron chi connectivity index (χ2n) is 11.9. The van der Waals surface area contributed by atoms with Gasteiger partial charge in [-0.25, -0.2) is 9.78 Å². The van der Waals surface area contributed by atoms with Crippen molar-refractivity contribution in [2.45, 2.75) is 45.6 Å². The van der Waals surface area contributed by atoms with Crippen LogP contribution in [0.25, 0.3) is 11.3 Å². The molecule has 44 heavy (non-hydrogen) atoms. The van der Waals surface area contributed by atoms with Gasteiger partial charge in [0.05, 0.1) is 18.9 Å². The zero-order valence-electron chi connectivity index (χ0n) is 25.6. The zero-order chi connectivity index (χ0) is 31.4. The molecule has 1 atom stereocenters. The van der Waals surface area contributed by atoms with Crippen LogP contribution in [-0.4, -0.2) is 40.9 Å². The molecule has 2 heterocycles. The lowest BCUT2D eigenvalue weighted by atomic mass is 9.86. The number of nitrogens with one attached hydrogen (secondary N) is 3. The summed E-state index contributed by atoms with van der Waals surface area (Å²) in [6.45, 7) is 9.26. The van der Waals surface area contributed by atoms with Crippen molar-refractivity contribution in [3.8, 4) is 11.3 Å². The van der Waals surface area contributed by atoms with E-state index in [2.05, 4.69) is 41.7 Å². The summed E-state index contributed by atoms with van der Waals surface area (Å²) in [6.07, 6.45) is 1.49. The molecule has 5 rings (SSSR count). The molecule has 0 radical (unpaired) electrons. The number of aromatic nitrogens is 2. The zero-order valence-corrected chi connectivity index (χ0v) is 25.6. The predicted molar refractivity (Wildman–Crippen MR) is 172 cm³/mol. The summed E-state index contributed by atoms with van der Waals surface area (Å²) in [5.74, 6) is -0.101. The standard InChI is InChI=1S/C34H37N5O5/c1-21-27(10-7-11-28(21)38-31(40)22-12-14-23(15-13-22)34(2,3)4)29-19-39(5)32(41)30(37-29)35-24-8-6-9-25(18-24)36-33(42)44-26-16-17-43-20-26/h6-15,18-19,26H,16-17,20H2,1-5H3,(H,35,37)(H,36,42)(H,38,40). The lowest BCUT2D eigenvalue weighted by Gasteiger charge is -2.19. The quantitative estimate of drug-likeness (QED) is 0.226. The van der Waals surface area contributed by atoms with Gasteiger partial charge in [-0.1, -0.05) is 51.1 Å². The van der Waals surface area contributed by atoms with Crippen molar-refractivity contribution < 1.29 is 19.1 Å². The third-order valence-electron chi connectivity index (χ3n) is 7.48. The Morgan fingerprint density at radius 3 is 2.43 bits per heavy atom. The molecular weight excluding hydrogens is 558 g/mol. The summed E-state index contributed by atoms with van der Waals surface area (Å²) in [6, 6.07) is 20.1. The highest BCUT2D eigenvalue weighted by atomic mass is 16.6. The molecule has 10 heteroatoms. The van der Waals surface area contributed by atoms with Crippen molar-refractivity contribution in [2.24, 2.45) is 7.05 Å². The Labute approximate surface area is 256 Å². The van der Waals surface area contributed by atoms with E-state index in [0.29, 0.717) is 48.0 Å². The molecule has 1 fully saturated rings. The number of carbonyl (C=O) groups is 2. The fourth-order valence-electron chi connectivity index (χ4n) is 4.90. The van der Waals surface area contributed by atoms with Gasteiger partial charge in [-0.3, -0.25) is 14.9 Å². The molecule has 0 spiro atoms. The van der Waals surface area contributed by atoms with Gasteiger partial charge in [0, 0.05) is 47.9 Å². The first kappa shape index (κ1) is 30.5. The highest BCUT2D eigenvalue weighted by molar-refractivity contribution is 6.05. The third-order valence-corrected chi connectivity index (χ3v) is 7.48. The van der Waals surface area contributed by atoms with Crippen LogP contribution >= 0.6 is 0 Å². The van der Waals surface area contributed by atoms with Gasteiger partial charge in [-0.15, -0.1) is 0 Å². The first-order chi connectivity index (χ1) is 21.0. The largest absolute Gasteiger partial charge is 0.443 e. The first-order valence-corrected chi connectivity index (χ1v) is 14.5. The Morgan fingerprint density at radius 1 is 1.00 bits per heavy atom. The first-order valence-electron chi connectivity index (χ1n) is 14.5. The van der Waals surface area contributed by atoms with Crippen molar-refractivity contribution in [1.82, 2.24) is 9.55 Å². The van der Waals surface area contributed by atoms with Gasteiger partial charge in [0.1, 0.15) is 6.10 Å². The van der Waals surface area contributed by atoms with Crippen molar-refractivity contribution in [3.05, 3.63) is 100.0 Å². The Hall–Kier alpha value is -4.96. The van der Waals surface area contributed by atoms with Crippen LogP contribution in [0, 0.1) is 6.92 Å². The Kier molecular flexibility index (Phi) is 8.82. The maximum atomic E-state index is 13.1. The highest BCUT2D eigenvalue weighted by Crippen LogP contribution is 2.29.